The summed E-state index contributed by atoms with van der Waals surface area (Å²) in [4.78, 5) is 3.56. The number of nitrogens with zero attached hydrogens (tertiary/aromatic N) is 2. The largest absolute Gasteiger partial charge is 0.425 e. The normalized spacial score (nSPS) is 10.1. The van der Waals surface area contributed by atoms with Gasteiger partial charge in [0.05, 0.1) is 0 Å². The third kappa shape index (κ3) is 5.38. The molecule has 0 spiro atoms. The average molecular weight is 97.1 g/mol. The molecule has 0 N–H and O–H groups in total. The standard InChI is InChI=1S/C5H9N2/c1-5(2,3)7-4-6/h1-3H3/q-1. The maximum atomic E-state index is 7.99. The summed E-state index contributed by atoms with van der Waals surface area (Å²) in [6.45, 7) is 5.66. The Morgan fingerprint density at radius 2 is 1.86 bits per heavy atom. The summed E-state index contributed by atoms with van der Waals surface area (Å²) in [5.41, 5.74) is -0.186. The summed E-state index contributed by atoms with van der Waals surface area (Å²) >= 11 is 0. The summed E-state index contributed by atoms with van der Waals surface area (Å²) < 4.78 is 0. The van der Waals surface area contributed by atoms with Crippen LogP contribution in [-0.2, 0) is 0 Å². The van der Waals surface area contributed by atoms with Crippen LogP contribution in [0, 0.1) is 0 Å². The molecule has 0 aromatic carbocycles. The van der Waals surface area contributed by atoms with Gasteiger partial charge in [0.15, 0.2) is 0 Å². The van der Waals surface area contributed by atoms with Crippen molar-refractivity contribution < 1.29 is 0 Å². The molecule has 0 rings (SSSR count). The monoisotopic (exact) mass is 97.1 g/mol. The number of hydrogen-bond donors (Lipinski definition) is 0. The van der Waals surface area contributed by atoms with Gasteiger partial charge in [-0.15, -0.1) is 0 Å². The van der Waals surface area contributed by atoms with Gasteiger partial charge in [0, 0.05) is 0 Å². The minimum Gasteiger partial charge on any atom is -0.425 e. The average Bonchev–Trinajstić information content (AvgIpc) is 1.30. The number of rotatable bonds is 0. The van der Waals surface area contributed by atoms with E-state index in [0.717, 1.165) is 0 Å². The molecule has 0 aliphatic heterocycles. The first-order valence-electron chi connectivity index (χ1n) is 2.17. The molecule has 2 heteroatoms. The van der Waals surface area contributed by atoms with Crippen LogP contribution in [0.4, 0.5) is 0 Å². The summed E-state index contributed by atoms with van der Waals surface area (Å²) in [7, 11) is 0. The minimum absolute atomic E-state index is 0.186. The Morgan fingerprint density at radius 3 is 1.86 bits per heavy atom. The molecule has 0 saturated carbocycles. The summed E-state index contributed by atoms with van der Waals surface area (Å²) in [6, 6.07) is 1.73. The highest BCUT2D eigenvalue weighted by molar-refractivity contribution is 5.45. The quantitative estimate of drug-likeness (QED) is 0.411. The third-order valence-corrected chi connectivity index (χ3v) is 0.385. The van der Waals surface area contributed by atoms with Gasteiger partial charge in [0.1, 0.15) is 0 Å². The molecule has 0 bridgehead atoms. The summed E-state index contributed by atoms with van der Waals surface area (Å²) in [6.07, 6.45) is 0. The SMILES string of the molecule is CC(C)(C)N=C=[N-]. The first kappa shape index (κ1) is 6.38. The van der Waals surface area contributed by atoms with Crippen LogP contribution < -0.4 is 0 Å². The van der Waals surface area contributed by atoms with Crippen LogP contribution in [0.25, 0.3) is 5.41 Å². The Bertz CT molecular complexity index is 93.1. The Kier molecular flexibility index (Phi) is 1.73. The lowest BCUT2D eigenvalue weighted by Crippen LogP contribution is -2.07. The summed E-state index contributed by atoms with van der Waals surface area (Å²) in [5.74, 6) is 0. The van der Waals surface area contributed by atoms with E-state index in [2.05, 4.69) is 4.99 Å². The highest BCUT2D eigenvalue weighted by atomic mass is 14.8. The van der Waals surface area contributed by atoms with Gasteiger partial charge in [-0.05, 0) is 5.54 Å². The van der Waals surface area contributed by atoms with E-state index >= 15 is 0 Å². The summed E-state index contributed by atoms with van der Waals surface area (Å²) in [5, 5.41) is 7.99. The number of hydrogen-bond acceptors (Lipinski definition) is 1. The molecular formula is C5H9N2-. The van der Waals surface area contributed by atoms with Crippen LogP contribution in [0.1, 0.15) is 20.8 Å². The van der Waals surface area contributed by atoms with Gasteiger partial charge in [-0.3, -0.25) is 0 Å². The van der Waals surface area contributed by atoms with Crippen molar-refractivity contribution in [2.45, 2.75) is 26.3 Å². The van der Waals surface area contributed by atoms with E-state index in [-0.39, 0.29) is 5.54 Å². The van der Waals surface area contributed by atoms with Crippen LogP contribution in [0.3, 0.4) is 0 Å². The molecule has 0 radical (unpaired) electrons. The topological polar surface area (TPSA) is 34.7 Å². The lowest BCUT2D eigenvalue weighted by molar-refractivity contribution is 0.588. The van der Waals surface area contributed by atoms with Gasteiger partial charge in [-0.2, -0.15) is 6.01 Å². The van der Waals surface area contributed by atoms with E-state index in [1.807, 2.05) is 20.8 Å². The predicted octanol–water partition coefficient (Wildman–Crippen LogP) is 1.53. The molecule has 2 nitrogen and oxygen atoms in total. The van der Waals surface area contributed by atoms with Crippen LogP contribution in [0.2, 0.25) is 0 Å². The van der Waals surface area contributed by atoms with Crippen molar-refractivity contribution >= 4 is 6.01 Å². The zero-order valence-corrected chi connectivity index (χ0v) is 4.89. The first-order valence-corrected chi connectivity index (χ1v) is 2.17. The van der Waals surface area contributed by atoms with E-state index in [9.17, 15) is 0 Å². The second kappa shape index (κ2) is 1.90. The molecule has 0 fully saturated rings. The Balaban J connectivity index is 3.80. The van der Waals surface area contributed by atoms with E-state index in [0.29, 0.717) is 0 Å². The van der Waals surface area contributed by atoms with E-state index < -0.39 is 0 Å². The van der Waals surface area contributed by atoms with E-state index in [4.69, 9.17) is 5.41 Å². The highest BCUT2D eigenvalue weighted by Gasteiger charge is 1.95. The molecule has 0 heterocycles. The van der Waals surface area contributed by atoms with Crippen LogP contribution in [0.5, 0.6) is 0 Å². The molecular weight excluding hydrogens is 88.1 g/mol. The van der Waals surface area contributed by atoms with Gasteiger partial charge in [0.25, 0.3) is 0 Å². The van der Waals surface area contributed by atoms with Gasteiger partial charge in [-0.25, -0.2) is 0 Å². The molecule has 0 aliphatic carbocycles. The van der Waals surface area contributed by atoms with Crippen molar-refractivity contribution in [3.8, 4) is 0 Å². The molecule has 40 valence electrons. The van der Waals surface area contributed by atoms with Gasteiger partial charge >= 0.3 is 0 Å². The van der Waals surface area contributed by atoms with Crippen molar-refractivity contribution in [1.29, 1.82) is 0 Å². The second-order valence-electron chi connectivity index (χ2n) is 2.38. The first-order chi connectivity index (χ1) is 3.06. The molecule has 0 atom stereocenters. The molecule has 0 aromatic heterocycles. The fourth-order valence-corrected chi connectivity index (χ4v) is 0.150. The van der Waals surface area contributed by atoms with Crippen LogP contribution in [0.15, 0.2) is 4.99 Å². The lowest BCUT2D eigenvalue weighted by Gasteiger charge is -2.15. The molecule has 0 aromatic rings. The van der Waals surface area contributed by atoms with Crippen molar-refractivity contribution in [1.82, 2.24) is 0 Å². The highest BCUT2D eigenvalue weighted by Crippen LogP contribution is 2.02. The smallest absolute Gasteiger partial charge is 0.0288 e. The minimum atomic E-state index is -0.186. The van der Waals surface area contributed by atoms with Crippen molar-refractivity contribution in [3.63, 3.8) is 0 Å². The Labute approximate surface area is 43.8 Å². The molecule has 0 amide bonds. The zero-order valence-electron chi connectivity index (χ0n) is 4.89. The van der Waals surface area contributed by atoms with Crippen LogP contribution >= 0.6 is 0 Å². The number of aliphatic imine (C=N–C) groups is 1. The van der Waals surface area contributed by atoms with Gasteiger partial charge in [0.2, 0.25) is 0 Å². The van der Waals surface area contributed by atoms with Crippen molar-refractivity contribution in [3.05, 3.63) is 5.41 Å². The molecule has 0 aliphatic rings. The molecule has 7 heavy (non-hydrogen) atoms. The van der Waals surface area contributed by atoms with Gasteiger partial charge < -0.3 is 10.4 Å². The Hall–Kier alpha value is -0.620. The van der Waals surface area contributed by atoms with Crippen molar-refractivity contribution in [2.24, 2.45) is 4.99 Å². The van der Waals surface area contributed by atoms with E-state index in [1.165, 1.54) is 0 Å². The maximum absolute atomic E-state index is 7.99. The fourth-order valence-electron chi connectivity index (χ4n) is 0.150. The second-order valence-corrected chi connectivity index (χ2v) is 2.38. The maximum Gasteiger partial charge on any atom is -0.0288 e. The van der Waals surface area contributed by atoms with E-state index in [1.54, 1.807) is 6.01 Å². The fraction of sp³-hybridized carbons (Fsp3) is 0.800. The van der Waals surface area contributed by atoms with Crippen LogP contribution in [-0.4, -0.2) is 11.5 Å². The third-order valence-electron chi connectivity index (χ3n) is 0.385. The lowest BCUT2D eigenvalue weighted by atomic mass is 10.1. The molecule has 0 saturated heterocycles. The van der Waals surface area contributed by atoms with Crippen molar-refractivity contribution in [2.75, 3.05) is 0 Å². The Morgan fingerprint density at radius 1 is 1.43 bits per heavy atom. The molecule has 0 unspecified atom stereocenters. The van der Waals surface area contributed by atoms with Gasteiger partial charge in [-0.1, -0.05) is 20.8 Å². The zero-order chi connectivity index (χ0) is 5.91. The predicted molar refractivity (Wildman–Crippen MR) is 30.5 cm³/mol.